The van der Waals surface area contributed by atoms with Crippen LogP contribution in [0, 0.1) is 0 Å². The first kappa shape index (κ1) is 22.2. The second-order valence-electron chi connectivity index (χ2n) is 6.91. The number of nitrogens with zero attached hydrogens (tertiary/aromatic N) is 1. The van der Waals surface area contributed by atoms with Crippen LogP contribution in [0.5, 0.6) is 0 Å². The molecule has 2 aromatic rings. The summed E-state index contributed by atoms with van der Waals surface area (Å²) >= 11 is 0. The number of likely N-dealkylation sites (tertiary alicyclic amines) is 1. The van der Waals surface area contributed by atoms with Crippen molar-refractivity contribution in [2.45, 2.75) is 25.3 Å². The molecule has 0 spiro atoms. The van der Waals surface area contributed by atoms with E-state index in [1.54, 1.807) is 18.2 Å². The predicted octanol–water partition coefficient (Wildman–Crippen LogP) is 2.61. The largest absolute Gasteiger partial charge is 0.480 e. The fourth-order valence-corrected chi connectivity index (χ4v) is 3.55. The SMILES string of the molecule is Cl.NCc1cccc(C2CCN(C(=O)c3cccc(C=CB(O)O)c3)CC2)c1. The molecule has 148 valence electrons. The van der Waals surface area contributed by atoms with Crippen LogP contribution in [0.4, 0.5) is 0 Å². The zero-order valence-electron chi connectivity index (χ0n) is 15.7. The third kappa shape index (κ3) is 5.69. The van der Waals surface area contributed by atoms with Crippen LogP contribution >= 0.6 is 12.4 Å². The van der Waals surface area contributed by atoms with Gasteiger partial charge in [-0.1, -0.05) is 48.4 Å². The quantitative estimate of drug-likeness (QED) is 0.673. The molecule has 1 saturated heterocycles. The summed E-state index contributed by atoms with van der Waals surface area (Å²) in [5, 5.41) is 17.9. The minimum Gasteiger partial charge on any atom is -0.424 e. The highest BCUT2D eigenvalue weighted by Crippen LogP contribution is 2.29. The minimum atomic E-state index is -1.50. The number of benzene rings is 2. The fraction of sp³-hybridized carbons (Fsp3) is 0.286. The lowest BCUT2D eigenvalue weighted by Crippen LogP contribution is -2.37. The van der Waals surface area contributed by atoms with E-state index < -0.39 is 7.12 Å². The molecule has 0 unspecified atom stereocenters. The molecule has 3 rings (SSSR count). The van der Waals surface area contributed by atoms with E-state index in [4.69, 9.17) is 15.8 Å². The first-order valence-electron chi connectivity index (χ1n) is 9.29. The molecule has 1 aliphatic heterocycles. The standard InChI is InChI=1S/C21H25BN2O3.ClH/c23-15-17-4-2-5-19(14-17)18-8-11-24(12-9-18)21(25)20-6-1-3-16(13-20)7-10-22(26)27;/h1-7,10,13-14,18,26-27H,8-9,11-12,15,23H2;1H. The second-order valence-corrected chi connectivity index (χ2v) is 6.91. The maximum atomic E-state index is 12.8. The third-order valence-corrected chi connectivity index (χ3v) is 5.03. The monoisotopic (exact) mass is 400 g/mol. The van der Waals surface area contributed by atoms with Crippen LogP contribution in [0.15, 0.2) is 54.5 Å². The first-order valence-corrected chi connectivity index (χ1v) is 9.29. The molecule has 7 heteroatoms. The number of carbonyl (C=O) groups is 1. The van der Waals surface area contributed by atoms with Crippen molar-refractivity contribution in [2.75, 3.05) is 13.1 Å². The summed E-state index contributed by atoms with van der Waals surface area (Å²) in [6.07, 6.45) is 3.48. The Balaban J connectivity index is 0.00000280. The summed E-state index contributed by atoms with van der Waals surface area (Å²) in [6, 6.07) is 15.6. The molecule has 0 aromatic heterocycles. The Morgan fingerprint density at radius 2 is 1.86 bits per heavy atom. The van der Waals surface area contributed by atoms with E-state index in [0.29, 0.717) is 18.0 Å². The minimum absolute atomic E-state index is 0. The molecule has 4 N–H and O–H groups in total. The third-order valence-electron chi connectivity index (χ3n) is 5.03. The molecule has 0 radical (unpaired) electrons. The average molecular weight is 401 g/mol. The first-order chi connectivity index (χ1) is 13.1. The van der Waals surface area contributed by atoms with Gasteiger partial charge in [-0.25, -0.2) is 0 Å². The summed E-state index contributed by atoms with van der Waals surface area (Å²) in [4.78, 5) is 14.7. The Morgan fingerprint density at radius 1 is 1.14 bits per heavy atom. The number of rotatable bonds is 5. The Kier molecular flexibility index (Phi) is 8.26. The molecule has 1 fully saturated rings. The van der Waals surface area contributed by atoms with Crippen molar-refractivity contribution in [1.82, 2.24) is 4.90 Å². The maximum Gasteiger partial charge on any atom is 0.480 e. The van der Waals surface area contributed by atoms with Crippen molar-refractivity contribution in [1.29, 1.82) is 0 Å². The van der Waals surface area contributed by atoms with Crippen molar-refractivity contribution in [3.05, 3.63) is 76.8 Å². The highest BCUT2D eigenvalue weighted by Gasteiger charge is 2.24. The summed E-state index contributed by atoms with van der Waals surface area (Å²) in [5.74, 6) is 1.75. The maximum absolute atomic E-state index is 12.8. The molecule has 5 nitrogen and oxygen atoms in total. The van der Waals surface area contributed by atoms with Gasteiger partial charge >= 0.3 is 7.12 Å². The zero-order valence-corrected chi connectivity index (χ0v) is 16.5. The van der Waals surface area contributed by atoms with Gasteiger partial charge in [0, 0.05) is 25.2 Å². The lowest BCUT2D eigenvalue weighted by atomic mass is 9.88. The summed E-state index contributed by atoms with van der Waals surface area (Å²) in [7, 11) is -1.50. The Hall–Kier alpha value is -2.12. The van der Waals surface area contributed by atoms with Gasteiger partial charge in [-0.15, -0.1) is 12.4 Å². The number of halogens is 1. The molecule has 0 aliphatic carbocycles. The van der Waals surface area contributed by atoms with Crippen LogP contribution in [0.1, 0.15) is 45.8 Å². The number of hydrogen-bond donors (Lipinski definition) is 3. The van der Waals surface area contributed by atoms with Crippen molar-refractivity contribution < 1.29 is 14.8 Å². The van der Waals surface area contributed by atoms with Gasteiger partial charge in [0.25, 0.3) is 5.91 Å². The molecule has 28 heavy (non-hydrogen) atoms. The summed E-state index contributed by atoms with van der Waals surface area (Å²) in [5.41, 5.74) is 9.57. The highest BCUT2D eigenvalue weighted by molar-refractivity contribution is 6.48. The van der Waals surface area contributed by atoms with E-state index >= 15 is 0 Å². The lowest BCUT2D eigenvalue weighted by Gasteiger charge is -2.32. The molecular formula is C21H26BClN2O3. The van der Waals surface area contributed by atoms with Crippen molar-refractivity contribution >= 4 is 31.5 Å². The van der Waals surface area contributed by atoms with Crippen molar-refractivity contribution in [3.8, 4) is 0 Å². The van der Waals surface area contributed by atoms with Crippen molar-refractivity contribution in [2.24, 2.45) is 5.73 Å². The molecule has 1 heterocycles. The fourth-order valence-electron chi connectivity index (χ4n) is 3.55. The van der Waals surface area contributed by atoms with E-state index in [-0.39, 0.29) is 18.3 Å². The van der Waals surface area contributed by atoms with Gasteiger partial charge < -0.3 is 20.7 Å². The van der Waals surface area contributed by atoms with Crippen LogP contribution in [0.3, 0.4) is 0 Å². The van der Waals surface area contributed by atoms with E-state index in [0.717, 1.165) is 37.1 Å². The topological polar surface area (TPSA) is 86.8 Å². The van der Waals surface area contributed by atoms with Crippen LogP contribution < -0.4 is 5.73 Å². The van der Waals surface area contributed by atoms with Crippen LogP contribution in [0.25, 0.3) is 6.08 Å². The molecule has 1 amide bonds. The van der Waals surface area contributed by atoms with E-state index in [9.17, 15) is 4.79 Å². The Morgan fingerprint density at radius 3 is 2.54 bits per heavy atom. The zero-order chi connectivity index (χ0) is 19.2. The van der Waals surface area contributed by atoms with Crippen LogP contribution in [0.2, 0.25) is 0 Å². The second kappa shape index (κ2) is 10.4. The molecule has 1 aliphatic rings. The lowest BCUT2D eigenvalue weighted by molar-refractivity contribution is 0.0713. The Labute approximate surface area is 172 Å². The van der Waals surface area contributed by atoms with Gasteiger partial charge in [0.2, 0.25) is 0 Å². The predicted molar refractivity (Wildman–Crippen MR) is 115 cm³/mol. The highest BCUT2D eigenvalue weighted by atomic mass is 35.5. The van der Waals surface area contributed by atoms with Crippen LogP contribution in [-0.4, -0.2) is 41.1 Å². The van der Waals surface area contributed by atoms with Gasteiger partial charge in [-0.05, 0) is 47.6 Å². The number of amides is 1. The average Bonchev–Trinajstić information content (AvgIpc) is 2.72. The van der Waals surface area contributed by atoms with Gasteiger partial charge in [0.15, 0.2) is 0 Å². The smallest absolute Gasteiger partial charge is 0.424 e. The van der Waals surface area contributed by atoms with Gasteiger partial charge in [-0.3, -0.25) is 4.79 Å². The van der Waals surface area contributed by atoms with Gasteiger partial charge in [0.1, 0.15) is 0 Å². The van der Waals surface area contributed by atoms with E-state index in [2.05, 4.69) is 18.2 Å². The number of piperidine rings is 1. The normalized spacial score (nSPS) is 14.8. The molecule has 0 saturated carbocycles. The Bertz CT molecular complexity index is 821. The number of carbonyl (C=O) groups excluding carboxylic acids is 1. The van der Waals surface area contributed by atoms with Gasteiger partial charge in [0.05, 0.1) is 0 Å². The number of nitrogens with two attached hydrogens (primary N) is 1. The summed E-state index contributed by atoms with van der Waals surface area (Å²) < 4.78 is 0. The van der Waals surface area contributed by atoms with Crippen LogP contribution in [-0.2, 0) is 6.54 Å². The number of hydrogen-bond acceptors (Lipinski definition) is 4. The molecular weight excluding hydrogens is 375 g/mol. The molecule has 2 aromatic carbocycles. The summed E-state index contributed by atoms with van der Waals surface area (Å²) in [6.45, 7) is 2.00. The van der Waals surface area contributed by atoms with Crippen molar-refractivity contribution in [3.63, 3.8) is 0 Å². The van der Waals surface area contributed by atoms with E-state index in [1.165, 1.54) is 11.5 Å². The molecule has 0 bridgehead atoms. The van der Waals surface area contributed by atoms with Gasteiger partial charge in [-0.2, -0.15) is 0 Å². The van der Waals surface area contributed by atoms with E-state index in [1.807, 2.05) is 23.1 Å². The molecule has 0 atom stereocenters.